The van der Waals surface area contributed by atoms with Crippen LogP contribution in [0.1, 0.15) is 24.5 Å². The fourth-order valence-corrected chi connectivity index (χ4v) is 2.54. The molecule has 0 spiro atoms. The van der Waals surface area contributed by atoms with Gasteiger partial charge in [-0.1, -0.05) is 24.3 Å². The van der Waals surface area contributed by atoms with Crippen LogP contribution in [-0.4, -0.2) is 25.8 Å². The Hall–Kier alpha value is -0.860. The summed E-state index contributed by atoms with van der Waals surface area (Å²) in [6.07, 6.45) is 3.60. The summed E-state index contributed by atoms with van der Waals surface area (Å²) in [6.45, 7) is 2.97. The van der Waals surface area contributed by atoms with E-state index in [1.54, 1.807) is 7.11 Å². The third-order valence-corrected chi connectivity index (χ3v) is 3.28. The van der Waals surface area contributed by atoms with E-state index in [4.69, 9.17) is 4.74 Å². The minimum absolute atomic E-state index is 0.445. The molecule has 0 bridgehead atoms. The maximum atomic E-state index is 5.15. The fraction of sp³-hybridized carbons (Fsp3) is 0.571. The molecule has 88 valence electrons. The first-order valence-electron chi connectivity index (χ1n) is 6.11. The molecule has 0 aliphatic heterocycles. The van der Waals surface area contributed by atoms with Crippen LogP contribution in [0.5, 0.6) is 0 Å². The van der Waals surface area contributed by atoms with Gasteiger partial charge < -0.3 is 10.1 Å². The van der Waals surface area contributed by atoms with Gasteiger partial charge in [0.2, 0.25) is 0 Å². The van der Waals surface area contributed by atoms with Gasteiger partial charge in [0.1, 0.15) is 0 Å². The van der Waals surface area contributed by atoms with Crippen LogP contribution in [-0.2, 0) is 17.6 Å². The van der Waals surface area contributed by atoms with Crippen molar-refractivity contribution < 1.29 is 4.74 Å². The summed E-state index contributed by atoms with van der Waals surface area (Å²) in [7, 11) is 1.76. The Kier molecular flexibility index (Phi) is 3.97. The zero-order chi connectivity index (χ0) is 11.4. The molecule has 1 aromatic carbocycles. The Labute approximate surface area is 98.0 Å². The standard InChI is InChI=1S/C14H21NO/c1-11(10-16-2)15-14-8-7-12-5-3-4-6-13(12)9-14/h3-6,11,14-15H,7-10H2,1-2H3/t11-,14-/m1/s1. The van der Waals surface area contributed by atoms with Crippen LogP contribution < -0.4 is 5.32 Å². The predicted octanol–water partition coefficient (Wildman–Crippen LogP) is 2.17. The van der Waals surface area contributed by atoms with Crippen LogP contribution in [0.2, 0.25) is 0 Å². The molecule has 1 aliphatic rings. The second-order valence-corrected chi connectivity index (χ2v) is 4.73. The summed E-state index contributed by atoms with van der Waals surface area (Å²) >= 11 is 0. The number of benzene rings is 1. The number of aryl methyl sites for hydroxylation is 1. The van der Waals surface area contributed by atoms with Gasteiger partial charge in [-0.25, -0.2) is 0 Å². The molecule has 1 aromatic rings. The van der Waals surface area contributed by atoms with Crippen LogP contribution in [0, 0.1) is 0 Å². The number of hydrogen-bond donors (Lipinski definition) is 1. The van der Waals surface area contributed by atoms with E-state index in [9.17, 15) is 0 Å². The molecule has 2 heteroatoms. The Morgan fingerprint density at radius 3 is 2.88 bits per heavy atom. The van der Waals surface area contributed by atoms with Gasteiger partial charge in [0.15, 0.2) is 0 Å². The topological polar surface area (TPSA) is 21.3 Å². The summed E-state index contributed by atoms with van der Waals surface area (Å²) in [5.41, 5.74) is 3.04. The third-order valence-electron chi connectivity index (χ3n) is 3.28. The number of hydrogen-bond acceptors (Lipinski definition) is 2. The van der Waals surface area contributed by atoms with Crippen molar-refractivity contribution in [2.45, 2.75) is 38.3 Å². The van der Waals surface area contributed by atoms with Gasteiger partial charge >= 0.3 is 0 Å². The van der Waals surface area contributed by atoms with E-state index in [1.165, 1.54) is 24.0 Å². The van der Waals surface area contributed by atoms with E-state index in [0.717, 1.165) is 13.0 Å². The van der Waals surface area contributed by atoms with Crippen LogP contribution >= 0.6 is 0 Å². The van der Waals surface area contributed by atoms with Crippen molar-refractivity contribution in [3.05, 3.63) is 35.4 Å². The Balaban J connectivity index is 1.92. The largest absolute Gasteiger partial charge is 0.383 e. The molecular weight excluding hydrogens is 198 g/mol. The van der Waals surface area contributed by atoms with Crippen molar-refractivity contribution in [1.29, 1.82) is 0 Å². The highest BCUT2D eigenvalue weighted by Crippen LogP contribution is 2.21. The van der Waals surface area contributed by atoms with Gasteiger partial charge in [0.25, 0.3) is 0 Å². The van der Waals surface area contributed by atoms with E-state index < -0.39 is 0 Å². The van der Waals surface area contributed by atoms with Crippen LogP contribution in [0.15, 0.2) is 24.3 Å². The lowest BCUT2D eigenvalue weighted by Crippen LogP contribution is -2.42. The first-order chi connectivity index (χ1) is 7.79. The van der Waals surface area contributed by atoms with Crippen molar-refractivity contribution in [2.75, 3.05) is 13.7 Å². The first kappa shape index (κ1) is 11.6. The van der Waals surface area contributed by atoms with Crippen molar-refractivity contribution in [1.82, 2.24) is 5.32 Å². The van der Waals surface area contributed by atoms with Crippen molar-refractivity contribution in [2.24, 2.45) is 0 Å². The smallest absolute Gasteiger partial charge is 0.0613 e. The molecule has 0 fully saturated rings. The van der Waals surface area contributed by atoms with Gasteiger partial charge in [0, 0.05) is 19.2 Å². The molecule has 2 atom stereocenters. The SMILES string of the molecule is COC[C@@H](C)N[C@@H]1CCc2ccccc2C1. The number of methoxy groups -OCH3 is 1. The molecule has 2 rings (SSSR count). The lowest BCUT2D eigenvalue weighted by atomic mass is 9.88. The van der Waals surface area contributed by atoms with Crippen molar-refractivity contribution in [3.63, 3.8) is 0 Å². The van der Waals surface area contributed by atoms with Gasteiger partial charge in [-0.3, -0.25) is 0 Å². The van der Waals surface area contributed by atoms with Crippen molar-refractivity contribution in [3.8, 4) is 0 Å². The normalized spacial score (nSPS) is 21.5. The monoisotopic (exact) mass is 219 g/mol. The second-order valence-electron chi connectivity index (χ2n) is 4.73. The molecule has 0 radical (unpaired) electrons. The predicted molar refractivity (Wildman–Crippen MR) is 66.7 cm³/mol. The highest BCUT2D eigenvalue weighted by molar-refractivity contribution is 5.30. The molecule has 0 unspecified atom stereocenters. The Morgan fingerprint density at radius 2 is 2.12 bits per heavy atom. The summed E-state index contributed by atoms with van der Waals surface area (Å²) < 4.78 is 5.15. The third kappa shape index (κ3) is 2.83. The first-order valence-corrected chi connectivity index (χ1v) is 6.11. The van der Waals surface area contributed by atoms with Gasteiger partial charge in [-0.2, -0.15) is 0 Å². The molecule has 1 aliphatic carbocycles. The van der Waals surface area contributed by atoms with Crippen LogP contribution in [0.3, 0.4) is 0 Å². The number of fused-ring (bicyclic) bond motifs is 1. The lowest BCUT2D eigenvalue weighted by molar-refractivity contribution is 0.165. The van der Waals surface area contributed by atoms with E-state index in [2.05, 4.69) is 36.5 Å². The summed E-state index contributed by atoms with van der Waals surface area (Å²) in [5, 5.41) is 3.64. The average molecular weight is 219 g/mol. The minimum atomic E-state index is 0.445. The zero-order valence-electron chi connectivity index (χ0n) is 10.2. The highest BCUT2D eigenvalue weighted by Gasteiger charge is 2.19. The quantitative estimate of drug-likeness (QED) is 0.838. The van der Waals surface area contributed by atoms with Crippen LogP contribution in [0.25, 0.3) is 0 Å². The minimum Gasteiger partial charge on any atom is -0.383 e. The number of nitrogens with one attached hydrogen (secondary N) is 1. The number of ether oxygens (including phenoxy) is 1. The molecule has 0 amide bonds. The lowest BCUT2D eigenvalue weighted by Gasteiger charge is -2.28. The molecule has 0 heterocycles. The van der Waals surface area contributed by atoms with Gasteiger partial charge in [0.05, 0.1) is 6.61 Å². The van der Waals surface area contributed by atoms with E-state index in [0.29, 0.717) is 12.1 Å². The molecule has 1 N–H and O–H groups in total. The van der Waals surface area contributed by atoms with E-state index >= 15 is 0 Å². The van der Waals surface area contributed by atoms with Crippen LogP contribution in [0.4, 0.5) is 0 Å². The maximum absolute atomic E-state index is 5.15. The second kappa shape index (κ2) is 5.46. The maximum Gasteiger partial charge on any atom is 0.0613 e. The summed E-state index contributed by atoms with van der Waals surface area (Å²) in [6, 6.07) is 9.84. The molecule has 0 saturated carbocycles. The van der Waals surface area contributed by atoms with Gasteiger partial charge in [-0.15, -0.1) is 0 Å². The number of rotatable bonds is 4. The fourth-order valence-electron chi connectivity index (χ4n) is 2.54. The summed E-state index contributed by atoms with van der Waals surface area (Å²) in [4.78, 5) is 0. The summed E-state index contributed by atoms with van der Waals surface area (Å²) in [5.74, 6) is 0. The molecule has 0 aromatic heterocycles. The Bertz CT molecular complexity index is 337. The molecular formula is C14H21NO. The highest BCUT2D eigenvalue weighted by atomic mass is 16.5. The molecule has 0 saturated heterocycles. The average Bonchev–Trinajstić information content (AvgIpc) is 2.29. The zero-order valence-corrected chi connectivity index (χ0v) is 10.2. The van der Waals surface area contributed by atoms with Gasteiger partial charge in [-0.05, 0) is 37.3 Å². The van der Waals surface area contributed by atoms with Crippen molar-refractivity contribution >= 4 is 0 Å². The molecule has 2 nitrogen and oxygen atoms in total. The van der Waals surface area contributed by atoms with E-state index in [-0.39, 0.29) is 0 Å². The molecule has 16 heavy (non-hydrogen) atoms. The van der Waals surface area contributed by atoms with E-state index in [1.807, 2.05) is 0 Å². The Morgan fingerprint density at radius 1 is 1.38 bits per heavy atom.